The molecule has 0 aromatic heterocycles. The van der Waals surface area contributed by atoms with Crippen LogP contribution >= 0.6 is 23.7 Å². The van der Waals surface area contributed by atoms with Crippen molar-refractivity contribution < 1.29 is 0 Å². The van der Waals surface area contributed by atoms with E-state index in [1.54, 1.807) is 11.9 Å². The molecule has 1 aliphatic carbocycles. The maximum atomic E-state index is 3.59. The predicted octanol–water partition coefficient (Wildman–Crippen LogP) is 5.99. The molecular weight excluding hydrogens is 306 g/mol. The molecule has 0 amide bonds. The van der Waals surface area contributed by atoms with Crippen molar-refractivity contribution in [3.63, 3.8) is 0 Å². The molecule has 1 N–H and O–H groups in total. The highest BCUT2D eigenvalue weighted by molar-refractivity contribution is 7.99. The molecule has 0 saturated heterocycles. The van der Waals surface area contributed by atoms with Crippen molar-refractivity contribution in [3.8, 4) is 0 Å². The summed E-state index contributed by atoms with van der Waals surface area (Å²) in [6.45, 7) is 4.33. The van der Waals surface area contributed by atoms with Gasteiger partial charge in [-0.1, -0.05) is 30.7 Å². The summed E-state index contributed by atoms with van der Waals surface area (Å²) in [4.78, 5) is 3.91. The van der Waals surface area contributed by atoms with E-state index < -0.39 is 0 Å². The molecule has 0 aliphatic heterocycles. The summed E-state index contributed by atoms with van der Waals surface area (Å²) in [5.41, 5.74) is 2.71. The minimum absolute atomic E-state index is 0.703. The normalized spacial score (nSPS) is 15.4. The van der Waals surface area contributed by atoms with E-state index in [1.165, 1.54) is 51.5 Å². The van der Waals surface area contributed by atoms with Crippen LogP contribution in [0.25, 0.3) is 0 Å². The molecule has 0 unspecified atom stereocenters. The lowest BCUT2D eigenvalue weighted by Gasteiger charge is -2.11. The molecule has 1 nitrogen and oxygen atoms in total. The average molecular weight is 330 g/mol. The largest absolute Gasteiger partial charge is 0.257 e. The third kappa shape index (κ3) is 4.31. The summed E-state index contributed by atoms with van der Waals surface area (Å²) < 4.78 is 3.59. The molecule has 0 heterocycles. The number of hydrogen-bond donors (Lipinski definition) is 1. The van der Waals surface area contributed by atoms with Gasteiger partial charge in [0.2, 0.25) is 0 Å². The first-order valence-corrected chi connectivity index (χ1v) is 9.61. The lowest BCUT2D eigenvalue weighted by molar-refractivity contribution is 0.657. The van der Waals surface area contributed by atoms with Gasteiger partial charge in [0.1, 0.15) is 0 Å². The first-order chi connectivity index (χ1) is 10.7. The van der Waals surface area contributed by atoms with Gasteiger partial charge < -0.3 is 0 Å². The first kappa shape index (κ1) is 16.0. The van der Waals surface area contributed by atoms with Gasteiger partial charge in [-0.05, 0) is 86.2 Å². The van der Waals surface area contributed by atoms with Crippen LogP contribution < -0.4 is 4.72 Å². The smallest absolute Gasteiger partial charge is 0.0228 e. The van der Waals surface area contributed by atoms with Crippen LogP contribution in [-0.4, -0.2) is 6.04 Å². The van der Waals surface area contributed by atoms with Crippen LogP contribution in [0, 0.1) is 13.8 Å². The Balaban J connectivity index is 1.57. The monoisotopic (exact) mass is 329 g/mol. The fourth-order valence-electron chi connectivity index (χ4n) is 2.68. The van der Waals surface area contributed by atoms with Crippen LogP contribution in [-0.2, 0) is 0 Å². The summed E-state index contributed by atoms with van der Waals surface area (Å²) >= 11 is 3.61. The Labute approximate surface area is 142 Å². The SMILES string of the molecule is Cc1ccc(Sc2ccc(SNC3CCCC3)cc2)cc1C. The van der Waals surface area contributed by atoms with Crippen LogP contribution in [0.5, 0.6) is 0 Å². The standard InChI is InChI=1S/C19H23NS2/c1-14-7-8-19(13-15(14)2)21-17-9-11-18(12-10-17)22-20-16-5-3-4-6-16/h7-13,16,20H,3-6H2,1-2H3. The van der Waals surface area contributed by atoms with Crippen molar-refractivity contribution in [1.29, 1.82) is 0 Å². The quantitative estimate of drug-likeness (QED) is 0.676. The molecule has 0 atom stereocenters. The maximum absolute atomic E-state index is 3.59. The Kier molecular flexibility index (Phi) is 5.51. The third-order valence-electron chi connectivity index (χ3n) is 4.24. The minimum Gasteiger partial charge on any atom is -0.257 e. The van der Waals surface area contributed by atoms with Gasteiger partial charge in [0.15, 0.2) is 0 Å². The fourth-order valence-corrected chi connectivity index (χ4v) is 4.41. The number of benzene rings is 2. The molecule has 0 bridgehead atoms. The third-order valence-corrected chi connectivity index (χ3v) is 6.19. The summed E-state index contributed by atoms with van der Waals surface area (Å²) in [6.07, 6.45) is 5.41. The molecule has 0 radical (unpaired) electrons. The Bertz CT molecular complexity index is 616. The van der Waals surface area contributed by atoms with Crippen molar-refractivity contribution >= 4 is 23.7 Å². The number of rotatable bonds is 5. The van der Waals surface area contributed by atoms with Gasteiger partial charge >= 0.3 is 0 Å². The molecule has 3 heteroatoms. The molecule has 3 rings (SSSR count). The van der Waals surface area contributed by atoms with E-state index in [9.17, 15) is 0 Å². The molecule has 1 fully saturated rings. The molecular formula is C19H23NS2. The highest BCUT2D eigenvalue weighted by atomic mass is 32.2. The van der Waals surface area contributed by atoms with Crippen molar-refractivity contribution in [2.45, 2.75) is 60.3 Å². The molecule has 116 valence electrons. The first-order valence-electron chi connectivity index (χ1n) is 7.98. The van der Waals surface area contributed by atoms with Gasteiger partial charge in [0, 0.05) is 20.7 Å². The van der Waals surface area contributed by atoms with Crippen molar-refractivity contribution in [2.75, 3.05) is 0 Å². The van der Waals surface area contributed by atoms with E-state index in [1.807, 2.05) is 11.8 Å². The van der Waals surface area contributed by atoms with Crippen molar-refractivity contribution in [2.24, 2.45) is 0 Å². The zero-order valence-electron chi connectivity index (χ0n) is 13.3. The fraction of sp³-hybridized carbons (Fsp3) is 0.368. The van der Waals surface area contributed by atoms with Crippen LogP contribution in [0.2, 0.25) is 0 Å². The summed E-state index contributed by atoms with van der Waals surface area (Å²) in [5, 5.41) is 0. The summed E-state index contributed by atoms with van der Waals surface area (Å²) in [5.74, 6) is 0. The van der Waals surface area contributed by atoms with Crippen LogP contribution in [0.1, 0.15) is 36.8 Å². The van der Waals surface area contributed by atoms with Gasteiger partial charge in [-0.15, -0.1) is 0 Å². The Morgan fingerprint density at radius 1 is 0.818 bits per heavy atom. The van der Waals surface area contributed by atoms with Crippen LogP contribution in [0.15, 0.2) is 57.2 Å². The zero-order valence-corrected chi connectivity index (χ0v) is 14.9. The van der Waals surface area contributed by atoms with Gasteiger partial charge in [-0.25, -0.2) is 0 Å². The predicted molar refractivity (Wildman–Crippen MR) is 97.7 cm³/mol. The van der Waals surface area contributed by atoms with E-state index in [-0.39, 0.29) is 0 Å². The molecule has 22 heavy (non-hydrogen) atoms. The van der Waals surface area contributed by atoms with Crippen molar-refractivity contribution in [1.82, 2.24) is 4.72 Å². The van der Waals surface area contributed by atoms with Gasteiger partial charge in [-0.2, -0.15) is 0 Å². The zero-order chi connectivity index (χ0) is 15.4. The van der Waals surface area contributed by atoms with E-state index in [4.69, 9.17) is 0 Å². The average Bonchev–Trinajstić information content (AvgIpc) is 3.04. The molecule has 1 saturated carbocycles. The molecule has 0 spiro atoms. The Hall–Kier alpha value is -0.900. The lowest BCUT2D eigenvalue weighted by atomic mass is 10.1. The molecule has 2 aromatic carbocycles. The van der Waals surface area contributed by atoms with E-state index >= 15 is 0 Å². The number of hydrogen-bond acceptors (Lipinski definition) is 3. The second-order valence-electron chi connectivity index (χ2n) is 6.02. The lowest BCUT2D eigenvalue weighted by Crippen LogP contribution is -2.18. The number of aryl methyl sites for hydroxylation is 2. The van der Waals surface area contributed by atoms with Crippen LogP contribution in [0.3, 0.4) is 0 Å². The van der Waals surface area contributed by atoms with Crippen molar-refractivity contribution in [3.05, 3.63) is 53.6 Å². The van der Waals surface area contributed by atoms with Gasteiger partial charge in [0.05, 0.1) is 0 Å². The highest BCUT2D eigenvalue weighted by Gasteiger charge is 2.14. The highest BCUT2D eigenvalue weighted by Crippen LogP contribution is 2.30. The summed E-state index contributed by atoms with van der Waals surface area (Å²) in [6, 6.07) is 16.3. The molecule has 1 aliphatic rings. The Morgan fingerprint density at radius 2 is 1.45 bits per heavy atom. The van der Waals surface area contributed by atoms with E-state index in [0.29, 0.717) is 6.04 Å². The Morgan fingerprint density at radius 3 is 2.14 bits per heavy atom. The molecule has 2 aromatic rings. The van der Waals surface area contributed by atoms with Gasteiger partial charge in [-0.3, -0.25) is 4.72 Å². The van der Waals surface area contributed by atoms with E-state index in [2.05, 4.69) is 61.0 Å². The second-order valence-corrected chi connectivity index (χ2v) is 8.08. The van der Waals surface area contributed by atoms with E-state index in [0.717, 1.165) is 0 Å². The van der Waals surface area contributed by atoms with Gasteiger partial charge in [0.25, 0.3) is 0 Å². The topological polar surface area (TPSA) is 12.0 Å². The minimum atomic E-state index is 0.703. The maximum Gasteiger partial charge on any atom is 0.0228 e. The number of nitrogens with one attached hydrogen (secondary N) is 1. The summed E-state index contributed by atoms with van der Waals surface area (Å²) in [7, 11) is 0. The van der Waals surface area contributed by atoms with Crippen LogP contribution in [0.4, 0.5) is 0 Å². The second kappa shape index (κ2) is 7.58.